The Morgan fingerprint density at radius 3 is 2.44 bits per heavy atom. The highest BCUT2D eigenvalue weighted by atomic mass is 35.5. The van der Waals surface area contributed by atoms with E-state index in [0.717, 1.165) is 11.1 Å². The second-order valence-corrected chi connectivity index (χ2v) is 8.00. The molecule has 1 N–H and O–H groups in total. The number of rotatable bonds is 4. The molecule has 32 heavy (non-hydrogen) atoms. The van der Waals surface area contributed by atoms with Gasteiger partial charge in [-0.25, -0.2) is 0 Å². The first-order chi connectivity index (χ1) is 15.3. The first kappa shape index (κ1) is 21.6. The highest BCUT2D eigenvalue weighted by Gasteiger charge is 2.47. The predicted octanol–water partition coefficient (Wildman–Crippen LogP) is 4.99. The molecule has 0 spiro atoms. The fourth-order valence-electron chi connectivity index (χ4n) is 3.89. The smallest absolute Gasteiger partial charge is 0.300 e. The minimum Gasteiger partial charge on any atom is -0.507 e. The van der Waals surface area contributed by atoms with Gasteiger partial charge in [0.15, 0.2) is 0 Å². The van der Waals surface area contributed by atoms with Gasteiger partial charge in [0.25, 0.3) is 11.7 Å². The van der Waals surface area contributed by atoms with Crippen LogP contribution in [0.5, 0.6) is 5.75 Å². The molecule has 1 fully saturated rings. The van der Waals surface area contributed by atoms with Gasteiger partial charge in [-0.05, 0) is 66.9 Å². The summed E-state index contributed by atoms with van der Waals surface area (Å²) in [7, 11) is 1.49. The van der Waals surface area contributed by atoms with Gasteiger partial charge >= 0.3 is 0 Å². The summed E-state index contributed by atoms with van der Waals surface area (Å²) < 4.78 is 5.17. The lowest BCUT2D eigenvalue weighted by Crippen LogP contribution is -2.30. The maximum Gasteiger partial charge on any atom is 0.300 e. The molecule has 7 heteroatoms. The molecular formula is C25H21ClN2O4. The summed E-state index contributed by atoms with van der Waals surface area (Å²) in [5.41, 5.74) is 3.35. The number of carbonyl (C=O) groups excluding carboxylic acids is 2. The molecule has 1 aliphatic heterocycles. The van der Waals surface area contributed by atoms with Crippen molar-refractivity contribution < 1.29 is 19.4 Å². The minimum atomic E-state index is -0.820. The third-order valence-electron chi connectivity index (χ3n) is 5.52. The molecule has 1 aromatic heterocycles. The Balaban J connectivity index is 1.96. The van der Waals surface area contributed by atoms with Crippen molar-refractivity contribution in [3.8, 4) is 5.75 Å². The Labute approximate surface area is 190 Å². The molecule has 0 bridgehead atoms. The number of pyridine rings is 1. The van der Waals surface area contributed by atoms with Crippen molar-refractivity contribution in [2.75, 3.05) is 12.0 Å². The van der Waals surface area contributed by atoms with Crippen LogP contribution in [0.3, 0.4) is 0 Å². The van der Waals surface area contributed by atoms with Gasteiger partial charge in [-0.1, -0.05) is 23.7 Å². The average Bonchev–Trinajstić information content (AvgIpc) is 3.06. The average molecular weight is 449 g/mol. The van der Waals surface area contributed by atoms with Crippen LogP contribution in [0.25, 0.3) is 5.76 Å². The molecule has 0 saturated carbocycles. The first-order valence-electron chi connectivity index (χ1n) is 9.95. The second kappa shape index (κ2) is 8.48. The molecule has 2 heterocycles. The molecule has 1 amide bonds. The molecule has 6 nitrogen and oxygen atoms in total. The molecule has 1 unspecified atom stereocenters. The second-order valence-electron chi connectivity index (χ2n) is 7.59. The number of benzene rings is 2. The Bertz CT molecular complexity index is 1250. The summed E-state index contributed by atoms with van der Waals surface area (Å²) in [6.07, 6.45) is 3.17. The maximum absolute atomic E-state index is 13.2. The normalized spacial score (nSPS) is 17.6. The summed E-state index contributed by atoms with van der Waals surface area (Å²) in [5.74, 6) is -1.34. The number of methoxy groups -OCH3 is 1. The molecule has 162 valence electrons. The number of aromatic nitrogens is 1. The van der Waals surface area contributed by atoms with Gasteiger partial charge in [-0.15, -0.1) is 0 Å². The molecule has 2 aromatic carbocycles. The fourth-order valence-corrected chi connectivity index (χ4v) is 4.15. The molecule has 0 aliphatic carbocycles. The molecule has 0 radical (unpaired) electrons. The van der Waals surface area contributed by atoms with Crippen LogP contribution in [0.2, 0.25) is 5.02 Å². The Kier molecular flexibility index (Phi) is 5.72. The van der Waals surface area contributed by atoms with E-state index in [9.17, 15) is 14.7 Å². The van der Waals surface area contributed by atoms with Crippen LogP contribution >= 0.6 is 11.6 Å². The number of aryl methyl sites for hydroxylation is 2. The van der Waals surface area contributed by atoms with Gasteiger partial charge in [0.1, 0.15) is 11.5 Å². The lowest BCUT2D eigenvalue weighted by Gasteiger charge is -2.27. The SMILES string of the molecule is COc1ccc(/C(O)=C2/C(=O)C(=O)N(c3cc(C)ccc3C)C2c2ccncc2)cc1Cl. The van der Waals surface area contributed by atoms with Gasteiger partial charge in [0, 0.05) is 23.6 Å². The van der Waals surface area contributed by atoms with Crippen LogP contribution in [-0.2, 0) is 9.59 Å². The molecular weight excluding hydrogens is 428 g/mol. The van der Waals surface area contributed by atoms with E-state index in [1.807, 2.05) is 32.0 Å². The largest absolute Gasteiger partial charge is 0.507 e. The van der Waals surface area contributed by atoms with Gasteiger partial charge in [-0.3, -0.25) is 19.5 Å². The topological polar surface area (TPSA) is 79.7 Å². The Morgan fingerprint density at radius 2 is 1.78 bits per heavy atom. The number of carbonyl (C=O) groups is 2. The standard InChI is InChI=1S/C25H21ClN2O4/c1-14-4-5-15(2)19(12-14)28-22(16-8-10-27-11-9-16)21(24(30)25(28)31)23(29)17-6-7-20(32-3)18(26)13-17/h4-13,22,29H,1-3H3/b23-21-. The molecule has 1 saturated heterocycles. The number of aliphatic hydroxyl groups excluding tert-OH is 1. The number of hydrogen-bond acceptors (Lipinski definition) is 5. The number of ketones is 1. The van der Waals surface area contributed by atoms with Gasteiger partial charge in [-0.2, -0.15) is 0 Å². The lowest BCUT2D eigenvalue weighted by molar-refractivity contribution is -0.132. The van der Waals surface area contributed by atoms with E-state index in [1.165, 1.54) is 18.1 Å². The number of anilines is 1. The van der Waals surface area contributed by atoms with Gasteiger partial charge in [0.2, 0.25) is 0 Å². The van der Waals surface area contributed by atoms with E-state index in [0.29, 0.717) is 22.6 Å². The third kappa shape index (κ3) is 3.63. The van der Waals surface area contributed by atoms with Crippen molar-refractivity contribution in [3.63, 3.8) is 0 Å². The minimum absolute atomic E-state index is 0.0108. The van der Waals surface area contributed by atoms with Crippen LogP contribution in [0.15, 0.2) is 66.5 Å². The quantitative estimate of drug-likeness (QED) is 0.345. The van der Waals surface area contributed by atoms with Crippen molar-refractivity contribution in [1.82, 2.24) is 4.98 Å². The molecule has 1 atom stereocenters. The number of nitrogens with zero attached hydrogens (tertiary/aromatic N) is 2. The maximum atomic E-state index is 13.2. The number of halogens is 1. The van der Waals surface area contributed by atoms with Crippen molar-refractivity contribution in [2.45, 2.75) is 19.9 Å². The number of amides is 1. The lowest BCUT2D eigenvalue weighted by atomic mass is 9.95. The summed E-state index contributed by atoms with van der Waals surface area (Å²) >= 11 is 6.23. The van der Waals surface area contributed by atoms with Crippen LogP contribution in [-0.4, -0.2) is 28.9 Å². The van der Waals surface area contributed by atoms with Crippen molar-refractivity contribution in [2.24, 2.45) is 0 Å². The zero-order chi connectivity index (χ0) is 23.0. The van der Waals surface area contributed by atoms with Crippen molar-refractivity contribution in [3.05, 3.63) is 93.8 Å². The van der Waals surface area contributed by atoms with Gasteiger partial charge in [0.05, 0.1) is 23.7 Å². The predicted molar refractivity (Wildman–Crippen MR) is 123 cm³/mol. The zero-order valence-corrected chi connectivity index (χ0v) is 18.6. The summed E-state index contributed by atoms with van der Waals surface area (Å²) in [6, 6.07) is 13.0. The van der Waals surface area contributed by atoms with Gasteiger partial charge < -0.3 is 9.84 Å². The van der Waals surface area contributed by atoms with Crippen LogP contribution in [0, 0.1) is 13.8 Å². The van der Waals surface area contributed by atoms with E-state index in [-0.39, 0.29) is 16.4 Å². The van der Waals surface area contributed by atoms with Crippen LogP contribution in [0.1, 0.15) is 28.3 Å². The number of hydrogen-bond donors (Lipinski definition) is 1. The summed E-state index contributed by atoms with van der Waals surface area (Å²) in [4.78, 5) is 31.9. The van der Waals surface area contributed by atoms with E-state index in [2.05, 4.69) is 4.98 Å². The highest BCUT2D eigenvalue weighted by molar-refractivity contribution is 6.51. The number of Topliss-reactive ketones (excluding diaryl/α,β-unsaturated/α-hetero) is 1. The summed E-state index contributed by atoms with van der Waals surface area (Å²) in [5, 5.41) is 11.5. The fraction of sp³-hybridized carbons (Fsp3) is 0.160. The zero-order valence-electron chi connectivity index (χ0n) is 17.8. The highest BCUT2D eigenvalue weighted by Crippen LogP contribution is 2.43. The Morgan fingerprint density at radius 1 is 1.06 bits per heavy atom. The van der Waals surface area contributed by atoms with E-state index >= 15 is 0 Å². The van der Waals surface area contributed by atoms with Crippen LogP contribution in [0.4, 0.5) is 5.69 Å². The summed E-state index contributed by atoms with van der Waals surface area (Å²) in [6.45, 7) is 3.79. The number of aliphatic hydroxyl groups is 1. The van der Waals surface area contributed by atoms with Crippen molar-refractivity contribution >= 4 is 34.7 Å². The van der Waals surface area contributed by atoms with Crippen LogP contribution < -0.4 is 9.64 Å². The molecule has 4 rings (SSSR count). The third-order valence-corrected chi connectivity index (χ3v) is 5.81. The Hall–Kier alpha value is -3.64. The monoisotopic (exact) mass is 448 g/mol. The van der Waals surface area contributed by atoms with E-state index in [4.69, 9.17) is 16.3 Å². The van der Waals surface area contributed by atoms with E-state index < -0.39 is 17.7 Å². The molecule has 3 aromatic rings. The molecule has 1 aliphatic rings. The number of ether oxygens (including phenoxy) is 1. The van der Waals surface area contributed by atoms with E-state index in [1.54, 1.807) is 36.7 Å². The first-order valence-corrected chi connectivity index (χ1v) is 10.3. The van der Waals surface area contributed by atoms with Crippen molar-refractivity contribution in [1.29, 1.82) is 0 Å².